The van der Waals surface area contributed by atoms with E-state index in [0.717, 1.165) is 6.54 Å². The molecule has 1 amide bonds. The zero-order chi connectivity index (χ0) is 12.7. The molecule has 0 aliphatic carbocycles. The summed E-state index contributed by atoms with van der Waals surface area (Å²) >= 11 is 0. The Balaban J connectivity index is 3.89. The predicted molar refractivity (Wildman–Crippen MR) is 68.2 cm³/mol. The van der Waals surface area contributed by atoms with Crippen LogP contribution in [0.25, 0.3) is 0 Å². The number of carbonyl (C=O) groups is 1. The highest BCUT2D eigenvalue weighted by molar-refractivity contribution is 5.79. The van der Waals surface area contributed by atoms with E-state index in [1.165, 1.54) is 0 Å². The van der Waals surface area contributed by atoms with Gasteiger partial charge < -0.3 is 16.0 Å². The van der Waals surface area contributed by atoms with Gasteiger partial charge in [0.1, 0.15) is 0 Å². The van der Waals surface area contributed by atoms with Crippen molar-refractivity contribution in [2.24, 2.45) is 17.6 Å². The lowest BCUT2D eigenvalue weighted by molar-refractivity contribution is -0.126. The lowest BCUT2D eigenvalue weighted by Gasteiger charge is -2.22. The molecule has 0 aromatic rings. The average molecular weight is 229 g/mol. The third kappa shape index (κ3) is 5.47. The molecule has 0 radical (unpaired) electrons. The number of rotatable bonds is 7. The summed E-state index contributed by atoms with van der Waals surface area (Å²) in [6.07, 6.45) is 0. The van der Waals surface area contributed by atoms with Gasteiger partial charge in [-0.1, -0.05) is 13.8 Å². The number of amides is 1. The molecule has 0 aromatic heterocycles. The van der Waals surface area contributed by atoms with Crippen LogP contribution in [0.5, 0.6) is 0 Å². The van der Waals surface area contributed by atoms with E-state index in [2.05, 4.69) is 31.1 Å². The van der Waals surface area contributed by atoms with Crippen LogP contribution in [0, 0.1) is 11.8 Å². The first-order valence-corrected chi connectivity index (χ1v) is 6.08. The third-order valence-corrected chi connectivity index (χ3v) is 3.04. The molecule has 0 heterocycles. The van der Waals surface area contributed by atoms with Crippen LogP contribution in [0.2, 0.25) is 0 Å². The highest BCUT2D eigenvalue weighted by Gasteiger charge is 2.19. The molecule has 0 saturated heterocycles. The molecular weight excluding hydrogens is 202 g/mol. The first kappa shape index (κ1) is 15.4. The molecule has 0 bridgehead atoms. The summed E-state index contributed by atoms with van der Waals surface area (Å²) in [6, 6.07) is 0.507. The van der Waals surface area contributed by atoms with E-state index < -0.39 is 0 Å². The second kappa shape index (κ2) is 7.63. The van der Waals surface area contributed by atoms with Gasteiger partial charge in [-0.15, -0.1) is 0 Å². The van der Waals surface area contributed by atoms with Crippen molar-refractivity contribution in [3.63, 3.8) is 0 Å². The number of nitrogens with two attached hydrogens (primary N) is 1. The normalized spacial score (nSPS) is 13.6. The maximum absolute atomic E-state index is 11.8. The van der Waals surface area contributed by atoms with Crippen LogP contribution in [0.1, 0.15) is 27.7 Å². The van der Waals surface area contributed by atoms with Crippen molar-refractivity contribution in [1.29, 1.82) is 0 Å². The fourth-order valence-electron chi connectivity index (χ4n) is 1.43. The number of nitrogens with one attached hydrogen (secondary N) is 1. The standard InChI is InChI=1S/C12H27N3O/c1-9(2)11(8-13)12(16)14-6-7-15(5)10(3)4/h9-11H,6-8,13H2,1-5H3,(H,14,16). The van der Waals surface area contributed by atoms with Crippen LogP contribution in [0.15, 0.2) is 0 Å². The predicted octanol–water partition coefficient (Wildman–Crippen LogP) is 0.674. The average Bonchev–Trinajstić information content (AvgIpc) is 2.17. The second-order valence-electron chi connectivity index (χ2n) is 4.95. The molecule has 1 unspecified atom stereocenters. The number of hydrogen-bond donors (Lipinski definition) is 2. The molecule has 0 aromatic carbocycles. The minimum absolute atomic E-state index is 0.0654. The van der Waals surface area contributed by atoms with Crippen LogP contribution < -0.4 is 11.1 Å². The van der Waals surface area contributed by atoms with E-state index in [1.54, 1.807) is 0 Å². The minimum atomic E-state index is -0.0654. The van der Waals surface area contributed by atoms with Gasteiger partial charge in [0.2, 0.25) is 5.91 Å². The van der Waals surface area contributed by atoms with Crippen molar-refractivity contribution in [3.05, 3.63) is 0 Å². The highest BCUT2D eigenvalue weighted by Crippen LogP contribution is 2.08. The fraction of sp³-hybridized carbons (Fsp3) is 0.917. The summed E-state index contributed by atoms with van der Waals surface area (Å²) in [5, 5.41) is 2.94. The van der Waals surface area contributed by atoms with Crippen molar-refractivity contribution in [2.45, 2.75) is 33.7 Å². The Kier molecular flexibility index (Phi) is 7.34. The molecule has 3 N–H and O–H groups in total. The molecule has 4 heteroatoms. The van der Waals surface area contributed by atoms with E-state index in [0.29, 0.717) is 25.0 Å². The Morgan fingerprint density at radius 1 is 1.31 bits per heavy atom. The van der Waals surface area contributed by atoms with Crippen molar-refractivity contribution in [3.8, 4) is 0 Å². The molecule has 0 aliphatic heterocycles. The Morgan fingerprint density at radius 2 is 1.88 bits per heavy atom. The number of likely N-dealkylation sites (N-methyl/N-ethyl adjacent to an activating group) is 1. The summed E-state index contributed by atoms with van der Waals surface area (Å²) in [5.74, 6) is 0.312. The van der Waals surface area contributed by atoms with Crippen LogP contribution in [0.3, 0.4) is 0 Å². The first-order chi connectivity index (χ1) is 7.40. The zero-order valence-corrected chi connectivity index (χ0v) is 11.3. The smallest absolute Gasteiger partial charge is 0.224 e. The van der Waals surface area contributed by atoms with Gasteiger partial charge in [-0.2, -0.15) is 0 Å². The van der Waals surface area contributed by atoms with Gasteiger partial charge in [0.25, 0.3) is 0 Å². The molecule has 16 heavy (non-hydrogen) atoms. The van der Waals surface area contributed by atoms with Gasteiger partial charge in [0, 0.05) is 25.7 Å². The molecular formula is C12H27N3O. The summed E-state index contributed by atoms with van der Waals surface area (Å²) in [6.45, 7) is 10.3. The van der Waals surface area contributed by atoms with Crippen LogP contribution in [-0.2, 0) is 4.79 Å². The minimum Gasteiger partial charge on any atom is -0.355 e. The molecule has 0 spiro atoms. The molecule has 1 atom stereocenters. The van der Waals surface area contributed by atoms with E-state index in [-0.39, 0.29) is 11.8 Å². The quantitative estimate of drug-likeness (QED) is 0.675. The van der Waals surface area contributed by atoms with E-state index >= 15 is 0 Å². The molecule has 0 aliphatic rings. The van der Waals surface area contributed by atoms with Crippen LogP contribution in [0.4, 0.5) is 0 Å². The number of hydrogen-bond acceptors (Lipinski definition) is 3. The largest absolute Gasteiger partial charge is 0.355 e. The maximum atomic E-state index is 11.8. The summed E-state index contributed by atoms with van der Waals surface area (Å²) in [5.41, 5.74) is 5.58. The Bertz CT molecular complexity index is 204. The zero-order valence-electron chi connectivity index (χ0n) is 11.3. The lowest BCUT2D eigenvalue weighted by atomic mass is 9.95. The molecule has 96 valence electrons. The fourth-order valence-corrected chi connectivity index (χ4v) is 1.43. The third-order valence-electron chi connectivity index (χ3n) is 3.04. The first-order valence-electron chi connectivity index (χ1n) is 6.08. The van der Waals surface area contributed by atoms with Gasteiger partial charge in [0.05, 0.1) is 5.92 Å². The highest BCUT2D eigenvalue weighted by atomic mass is 16.1. The van der Waals surface area contributed by atoms with Gasteiger partial charge in [-0.3, -0.25) is 4.79 Å². The summed E-state index contributed by atoms with van der Waals surface area (Å²) < 4.78 is 0. The van der Waals surface area contributed by atoms with E-state index in [9.17, 15) is 4.79 Å². The van der Waals surface area contributed by atoms with Crippen molar-refractivity contribution in [1.82, 2.24) is 10.2 Å². The molecule has 0 saturated carbocycles. The molecule has 0 fully saturated rings. The topological polar surface area (TPSA) is 58.4 Å². The lowest BCUT2D eigenvalue weighted by Crippen LogP contribution is -2.41. The van der Waals surface area contributed by atoms with Gasteiger partial charge in [-0.05, 0) is 26.8 Å². The number of carbonyl (C=O) groups excluding carboxylic acids is 1. The maximum Gasteiger partial charge on any atom is 0.224 e. The molecule has 4 nitrogen and oxygen atoms in total. The SMILES string of the molecule is CC(C)C(CN)C(=O)NCCN(C)C(C)C. The van der Waals surface area contributed by atoms with Gasteiger partial charge in [0.15, 0.2) is 0 Å². The Labute approximate surface area is 99.6 Å². The van der Waals surface area contributed by atoms with Crippen molar-refractivity contribution < 1.29 is 4.79 Å². The number of nitrogens with zero attached hydrogens (tertiary/aromatic N) is 1. The monoisotopic (exact) mass is 229 g/mol. The Morgan fingerprint density at radius 3 is 2.25 bits per heavy atom. The van der Waals surface area contributed by atoms with Crippen molar-refractivity contribution in [2.75, 3.05) is 26.7 Å². The molecule has 0 rings (SSSR count). The Hall–Kier alpha value is -0.610. The van der Waals surface area contributed by atoms with Crippen molar-refractivity contribution >= 4 is 5.91 Å². The van der Waals surface area contributed by atoms with Gasteiger partial charge >= 0.3 is 0 Å². The second-order valence-corrected chi connectivity index (χ2v) is 4.95. The van der Waals surface area contributed by atoms with Crippen LogP contribution in [-0.4, -0.2) is 43.5 Å². The summed E-state index contributed by atoms with van der Waals surface area (Å²) in [4.78, 5) is 14.0. The van der Waals surface area contributed by atoms with Gasteiger partial charge in [-0.25, -0.2) is 0 Å². The van der Waals surface area contributed by atoms with Crippen LogP contribution >= 0.6 is 0 Å². The van der Waals surface area contributed by atoms with E-state index in [4.69, 9.17) is 5.73 Å². The summed E-state index contributed by atoms with van der Waals surface area (Å²) in [7, 11) is 2.06. The van der Waals surface area contributed by atoms with E-state index in [1.807, 2.05) is 13.8 Å².